The lowest BCUT2D eigenvalue weighted by atomic mass is 10.3. The van der Waals surface area contributed by atoms with Crippen molar-refractivity contribution in [3.63, 3.8) is 0 Å². The third kappa shape index (κ3) is 1.82. The fourth-order valence-corrected chi connectivity index (χ4v) is 4.54. The lowest BCUT2D eigenvalue weighted by Gasteiger charge is -2.10. The van der Waals surface area contributed by atoms with Crippen LogP contribution in [0.2, 0.25) is 0 Å². The zero-order chi connectivity index (χ0) is 14.7. The van der Waals surface area contributed by atoms with Crippen molar-refractivity contribution in [2.45, 2.75) is 6.04 Å². The van der Waals surface area contributed by atoms with Crippen molar-refractivity contribution in [2.24, 2.45) is 11.8 Å². The Morgan fingerprint density at radius 2 is 2.14 bits per heavy atom. The number of piperidine rings is 1. The van der Waals surface area contributed by atoms with Gasteiger partial charge < -0.3 is 16.4 Å². The Morgan fingerprint density at radius 1 is 1.27 bits per heavy atom. The molecule has 0 amide bonds. The van der Waals surface area contributed by atoms with Crippen molar-refractivity contribution in [2.75, 3.05) is 24.1 Å². The number of H-pyrrole nitrogens is 1. The number of aromatic amines is 1. The number of fused-ring (bicyclic) bond motifs is 2. The molecule has 7 heteroatoms. The molecule has 1 aliphatic heterocycles. The topological polar surface area (TPSA) is 91.6 Å². The smallest absolute Gasteiger partial charge is 0.126 e. The van der Waals surface area contributed by atoms with E-state index in [0.717, 1.165) is 51.4 Å². The molecule has 2 fully saturated rings. The molecule has 5 N–H and O–H groups in total. The van der Waals surface area contributed by atoms with Crippen molar-refractivity contribution in [1.29, 1.82) is 0 Å². The van der Waals surface area contributed by atoms with Gasteiger partial charge in [0, 0.05) is 31.4 Å². The molecule has 0 radical (unpaired) electrons. The minimum absolute atomic E-state index is 0.563. The Morgan fingerprint density at radius 3 is 2.91 bits per heavy atom. The molecule has 4 heterocycles. The summed E-state index contributed by atoms with van der Waals surface area (Å²) in [6.07, 6.45) is 1.76. The van der Waals surface area contributed by atoms with Gasteiger partial charge in [-0.3, -0.25) is 5.10 Å². The molecule has 6 nitrogen and oxygen atoms in total. The maximum Gasteiger partial charge on any atom is 0.126 e. The van der Waals surface area contributed by atoms with Gasteiger partial charge in [-0.05, 0) is 24.0 Å². The zero-order valence-corrected chi connectivity index (χ0v) is 12.7. The van der Waals surface area contributed by atoms with E-state index in [4.69, 9.17) is 5.73 Å². The number of rotatable bonds is 3. The van der Waals surface area contributed by atoms with Crippen molar-refractivity contribution in [3.8, 4) is 10.6 Å². The van der Waals surface area contributed by atoms with Crippen LogP contribution in [0.5, 0.6) is 0 Å². The molecule has 1 saturated carbocycles. The molecule has 3 aromatic heterocycles. The molecule has 0 bridgehead atoms. The van der Waals surface area contributed by atoms with Gasteiger partial charge in [-0.2, -0.15) is 5.10 Å². The number of hydrogen-bond acceptors (Lipinski definition) is 6. The first kappa shape index (κ1) is 12.4. The number of aromatic nitrogens is 3. The van der Waals surface area contributed by atoms with Crippen LogP contribution in [-0.2, 0) is 0 Å². The summed E-state index contributed by atoms with van der Waals surface area (Å²) in [5.74, 6) is 2.08. The van der Waals surface area contributed by atoms with Crippen LogP contribution in [0.3, 0.4) is 0 Å². The first-order chi connectivity index (χ1) is 10.8. The first-order valence-electron chi connectivity index (χ1n) is 7.46. The molecule has 0 aromatic carbocycles. The number of thiophene rings is 1. The second-order valence-corrected chi connectivity index (χ2v) is 7.10. The van der Waals surface area contributed by atoms with Crippen LogP contribution in [0, 0.1) is 11.8 Å². The quantitative estimate of drug-likeness (QED) is 0.593. The molecule has 22 heavy (non-hydrogen) atoms. The largest absolute Gasteiger partial charge is 0.384 e. The number of nitrogen functional groups attached to an aromatic ring is 1. The number of nitrogens with two attached hydrogens (primary N) is 1. The monoisotopic (exact) mass is 312 g/mol. The molecule has 1 saturated heterocycles. The SMILES string of the molecule is Nc1cc(NC2[C@H]3CNC[C@@H]23)c2sc(-c3ccn[nH]3)cc2n1. The zero-order valence-electron chi connectivity index (χ0n) is 11.8. The minimum Gasteiger partial charge on any atom is -0.384 e. The summed E-state index contributed by atoms with van der Waals surface area (Å²) in [6, 6.07) is 6.57. The Kier molecular flexibility index (Phi) is 2.51. The Bertz CT molecular complexity index is 829. The predicted octanol–water partition coefficient (Wildman–Crippen LogP) is 1.90. The van der Waals surface area contributed by atoms with Crippen molar-refractivity contribution < 1.29 is 0 Å². The molecular weight excluding hydrogens is 296 g/mol. The highest BCUT2D eigenvalue weighted by Crippen LogP contribution is 2.45. The molecule has 0 spiro atoms. The summed E-state index contributed by atoms with van der Waals surface area (Å²) < 4.78 is 1.16. The number of hydrogen-bond donors (Lipinski definition) is 4. The molecule has 5 rings (SSSR count). The van der Waals surface area contributed by atoms with Gasteiger partial charge in [0.2, 0.25) is 0 Å². The van der Waals surface area contributed by atoms with Crippen LogP contribution in [-0.4, -0.2) is 34.3 Å². The molecule has 3 aromatic rings. The second-order valence-electron chi connectivity index (χ2n) is 6.05. The summed E-state index contributed by atoms with van der Waals surface area (Å²) in [4.78, 5) is 5.60. The summed E-state index contributed by atoms with van der Waals surface area (Å²) >= 11 is 1.72. The summed E-state index contributed by atoms with van der Waals surface area (Å²) in [5.41, 5.74) is 9.05. The van der Waals surface area contributed by atoms with E-state index in [1.165, 1.54) is 0 Å². The summed E-state index contributed by atoms with van der Waals surface area (Å²) in [7, 11) is 0. The molecule has 1 aliphatic carbocycles. The Hall–Kier alpha value is -2.12. The first-order valence-corrected chi connectivity index (χ1v) is 8.28. The normalized spacial score (nSPS) is 26.3. The van der Waals surface area contributed by atoms with E-state index >= 15 is 0 Å². The standard InChI is InChI=1S/C15H16N6S/c16-13-4-11(20-14-7-5-17-6-8(7)14)15-10(19-13)3-12(22-15)9-1-2-18-21-9/h1-4,7-8,14,17H,5-6H2,(H,18,21)(H3,16,19,20)/t7-,8+,14?. The van der Waals surface area contributed by atoms with Crippen LogP contribution in [0.4, 0.5) is 11.5 Å². The number of nitrogens with zero attached hydrogens (tertiary/aromatic N) is 2. The van der Waals surface area contributed by atoms with E-state index in [1.807, 2.05) is 12.1 Å². The van der Waals surface area contributed by atoms with E-state index in [-0.39, 0.29) is 0 Å². The van der Waals surface area contributed by atoms with Crippen molar-refractivity contribution in [3.05, 3.63) is 24.4 Å². The van der Waals surface area contributed by atoms with E-state index in [1.54, 1.807) is 17.5 Å². The van der Waals surface area contributed by atoms with E-state index in [0.29, 0.717) is 11.9 Å². The molecular formula is C15H16N6S. The third-order valence-electron chi connectivity index (χ3n) is 4.68. The van der Waals surface area contributed by atoms with E-state index in [2.05, 4.69) is 31.9 Å². The fourth-order valence-electron chi connectivity index (χ4n) is 3.49. The van der Waals surface area contributed by atoms with Crippen molar-refractivity contribution >= 4 is 33.1 Å². The van der Waals surface area contributed by atoms with Crippen LogP contribution < -0.4 is 16.4 Å². The van der Waals surface area contributed by atoms with E-state index in [9.17, 15) is 0 Å². The van der Waals surface area contributed by atoms with Gasteiger partial charge >= 0.3 is 0 Å². The van der Waals surface area contributed by atoms with Gasteiger partial charge in [0.05, 0.1) is 26.5 Å². The highest BCUT2D eigenvalue weighted by Gasteiger charge is 2.53. The predicted molar refractivity (Wildman–Crippen MR) is 88.9 cm³/mol. The highest BCUT2D eigenvalue weighted by molar-refractivity contribution is 7.22. The Balaban J connectivity index is 1.55. The summed E-state index contributed by atoms with van der Waals surface area (Å²) in [6.45, 7) is 2.24. The van der Waals surface area contributed by atoms with Gasteiger partial charge in [0.15, 0.2) is 0 Å². The van der Waals surface area contributed by atoms with E-state index < -0.39 is 0 Å². The molecule has 2 aliphatic rings. The molecule has 1 unspecified atom stereocenters. The fraction of sp³-hybridized carbons (Fsp3) is 0.333. The summed E-state index contributed by atoms with van der Waals surface area (Å²) in [5, 5.41) is 14.1. The average molecular weight is 312 g/mol. The average Bonchev–Trinajstić information content (AvgIpc) is 3.04. The van der Waals surface area contributed by atoms with Gasteiger partial charge in [0.25, 0.3) is 0 Å². The number of nitrogens with one attached hydrogen (secondary N) is 3. The lowest BCUT2D eigenvalue weighted by Crippen LogP contribution is -2.21. The third-order valence-corrected chi connectivity index (χ3v) is 5.87. The van der Waals surface area contributed by atoms with Gasteiger partial charge in [-0.25, -0.2) is 4.98 Å². The maximum absolute atomic E-state index is 5.99. The number of pyridine rings is 1. The van der Waals surface area contributed by atoms with Crippen LogP contribution in [0.15, 0.2) is 24.4 Å². The second kappa shape index (κ2) is 4.44. The molecule has 3 atom stereocenters. The highest BCUT2D eigenvalue weighted by atomic mass is 32.1. The van der Waals surface area contributed by atoms with Gasteiger partial charge in [-0.1, -0.05) is 0 Å². The van der Waals surface area contributed by atoms with Gasteiger partial charge in [0.1, 0.15) is 5.82 Å². The van der Waals surface area contributed by atoms with Crippen molar-refractivity contribution in [1.82, 2.24) is 20.5 Å². The van der Waals surface area contributed by atoms with Gasteiger partial charge in [-0.15, -0.1) is 11.3 Å². The van der Waals surface area contributed by atoms with Crippen LogP contribution in [0.25, 0.3) is 20.8 Å². The van der Waals surface area contributed by atoms with Crippen LogP contribution in [0.1, 0.15) is 0 Å². The molecule has 112 valence electrons. The maximum atomic E-state index is 5.99. The minimum atomic E-state index is 0.563. The number of anilines is 2. The van der Waals surface area contributed by atoms with Crippen LogP contribution >= 0.6 is 11.3 Å². The lowest BCUT2D eigenvalue weighted by molar-refractivity contribution is 0.697. The Labute approximate surface area is 131 Å².